The molecule has 60 valence electrons. The highest BCUT2D eigenvalue weighted by Gasteiger charge is 2.28. The molecule has 0 saturated carbocycles. The lowest BCUT2D eigenvalue weighted by atomic mass is 10.2. The third-order valence-corrected chi connectivity index (χ3v) is 1.44. The fourth-order valence-corrected chi connectivity index (χ4v) is 0.886. The van der Waals surface area contributed by atoms with Crippen molar-refractivity contribution in [1.29, 1.82) is 0 Å². The van der Waals surface area contributed by atoms with Gasteiger partial charge in [0.2, 0.25) is 0 Å². The molecule has 0 aliphatic rings. The quantitative estimate of drug-likeness (QED) is 0.628. The van der Waals surface area contributed by atoms with E-state index in [1.165, 1.54) is 12.1 Å². The second-order valence-corrected chi connectivity index (χ2v) is 2.58. The van der Waals surface area contributed by atoms with Crippen molar-refractivity contribution < 1.29 is 13.2 Å². The minimum Gasteiger partial charge on any atom is -0.206 e. The summed E-state index contributed by atoms with van der Waals surface area (Å²) in [5.74, 6) is -0.937. The van der Waals surface area contributed by atoms with Crippen LogP contribution < -0.4 is 0 Å². The number of hydrogen-bond acceptors (Lipinski definition) is 1. The van der Waals surface area contributed by atoms with Gasteiger partial charge in [0.05, 0.1) is 5.56 Å². The van der Waals surface area contributed by atoms with E-state index >= 15 is 0 Å². The first-order chi connectivity index (χ1) is 5.02. The van der Waals surface area contributed by atoms with Gasteiger partial charge >= 0.3 is 5.25 Å². The smallest absolute Gasteiger partial charge is 0.206 e. The fourth-order valence-electron chi connectivity index (χ4n) is 0.705. The van der Waals surface area contributed by atoms with E-state index in [0.29, 0.717) is 0 Å². The Kier molecular flexibility index (Phi) is 2.13. The lowest BCUT2D eigenvalue weighted by molar-refractivity contribution is 0.103. The van der Waals surface area contributed by atoms with E-state index in [2.05, 4.69) is 12.6 Å². The molecule has 0 N–H and O–H groups in total. The van der Waals surface area contributed by atoms with Gasteiger partial charge in [-0.2, -0.15) is 8.78 Å². The maximum Gasteiger partial charge on any atom is 0.319 e. The van der Waals surface area contributed by atoms with Crippen LogP contribution in [-0.2, 0) is 5.25 Å². The van der Waals surface area contributed by atoms with Crippen molar-refractivity contribution in [3.05, 3.63) is 35.6 Å². The summed E-state index contributed by atoms with van der Waals surface area (Å²) in [4.78, 5) is 0. The van der Waals surface area contributed by atoms with Crippen LogP contribution in [0.5, 0.6) is 0 Å². The maximum atomic E-state index is 12.6. The molecule has 1 aromatic rings. The summed E-state index contributed by atoms with van der Waals surface area (Å²) in [6, 6.07) is 4.66. The molecule has 0 heterocycles. The third-order valence-electron chi connectivity index (χ3n) is 1.20. The number of thiol groups is 1. The van der Waals surface area contributed by atoms with E-state index < -0.39 is 16.6 Å². The standard InChI is InChI=1S/C7H5F3S/c8-6-4-2-1-3-5(6)7(9,10)11/h1-4,11H. The Morgan fingerprint density at radius 1 is 1.18 bits per heavy atom. The van der Waals surface area contributed by atoms with Gasteiger partial charge in [0.15, 0.2) is 0 Å². The second kappa shape index (κ2) is 2.77. The number of halogens is 3. The summed E-state index contributed by atoms with van der Waals surface area (Å²) in [5, 5.41) is -3.40. The molecule has 0 unspecified atom stereocenters. The Morgan fingerprint density at radius 3 is 2.09 bits per heavy atom. The molecule has 1 aromatic carbocycles. The van der Waals surface area contributed by atoms with Crippen LogP contribution in [0.4, 0.5) is 13.2 Å². The first kappa shape index (κ1) is 8.46. The predicted molar refractivity (Wildman–Crippen MR) is 39.3 cm³/mol. The number of alkyl halides is 2. The Morgan fingerprint density at radius 2 is 1.73 bits per heavy atom. The molecule has 0 aliphatic heterocycles. The van der Waals surface area contributed by atoms with Crippen LogP contribution in [0.15, 0.2) is 24.3 Å². The molecule has 0 atom stereocenters. The van der Waals surface area contributed by atoms with Crippen molar-refractivity contribution >= 4 is 12.6 Å². The van der Waals surface area contributed by atoms with Crippen LogP contribution in [0.3, 0.4) is 0 Å². The van der Waals surface area contributed by atoms with Crippen LogP contribution in [0.1, 0.15) is 5.56 Å². The third kappa shape index (κ3) is 1.89. The highest BCUT2D eigenvalue weighted by molar-refractivity contribution is 7.81. The van der Waals surface area contributed by atoms with Crippen LogP contribution in [0.2, 0.25) is 0 Å². The average Bonchev–Trinajstić information content (AvgIpc) is 1.86. The summed E-state index contributed by atoms with van der Waals surface area (Å²) in [5.41, 5.74) is -0.691. The summed E-state index contributed by atoms with van der Waals surface area (Å²) in [6.07, 6.45) is 0. The molecular formula is C7H5F3S. The van der Waals surface area contributed by atoms with Crippen molar-refractivity contribution in [2.24, 2.45) is 0 Å². The summed E-state index contributed by atoms with van der Waals surface area (Å²) < 4.78 is 37.2. The molecule has 0 amide bonds. The van der Waals surface area contributed by atoms with Gasteiger partial charge in [-0.25, -0.2) is 4.39 Å². The molecule has 0 saturated heterocycles. The molecule has 11 heavy (non-hydrogen) atoms. The molecule has 0 nitrogen and oxygen atoms in total. The molecule has 0 radical (unpaired) electrons. The summed E-state index contributed by atoms with van der Waals surface area (Å²) in [6.45, 7) is 0. The highest BCUT2D eigenvalue weighted by Crippen LogP contribution is 2.32. The maximum absolute atomic E-state index is 12.6. The second-order valence-electron chi connectivity index (χ2n) is 2.02. The minimum absolute atomic E-state index is 0.691. The molecule has 0 aliphatic carbocycles. The van der Waals surface area contributed by atoms with Crippen LogP contribution >= 0.6 is 12.6 Å². The zero-order valence-electron chi connectivity index (χ0n) is 5.39. The van der Waals surface area contributed by atoms with E-state index in [1.807, 2.05) is 0 Å². The SMILES string of the molecule is Fc1ccccc1C(F)(F)S. The Balaban J connectivity index is 3.14. The van der Waals surface area contributed by atoms with Gasteiger partial charge in [-0.15, -0.1) is 12.6 Å². The van der Waals surface area contributed by atoms with E-state index in [-0.39, 0.29) is 0 Å². The van der Waals surface area contributed by atoms with Gasteiger partial charge in [0, 0.05) is 0 Å². The molecule has 0 fully saturated rings. The molecule has 0 bridgehead atoms. The van der Waals surface area contributed by atoms with Crippen molar-refractivity contribution in [3.63, 3.8) is 0 Å². The van der Waals surface area contributed by atoms with Gasteiger partial charge in [0.25, 0.3) is 0 Å². The van der Waals surface area contributed by atoms with Crippen LogP contribution in [0, 0.1) is 5.82 Å². The van der Waals surface area contributed by atoms with E-state index in [0.717, 1.165) is 12.1 Å². The van der Waals surface area contributed by atoms with E-state index in [9.17, 15) is 13.2 Å². The lowest BCUT2D eigenvalue weighted by Crippen LogP contribution is -2.05. The predicted octanol–water partition coefficient (Wildman–Crippen LogP) is 2.80. The molecular weight excluding hydrogens is 173 g/mol. The van der Waals surface area contributed by atoms with Gasteiger partial charge in [0.1, 0.15) is 5.82 Å². The largest absolute Gasteiger partial charge is 0.319 e. The summed E-state index contributed by atoms with van der Waals surface area (Å²) in [7, 11) is 0. The average molecular weight is 178 g/mol. The van der Waals surface area contributed by atoms with E-state index in [1.54, 1.807) is 0 Å². The number of benzene rings is 1. The Labute approximate surface area is 67.4 Å². The topological polar surface area (TPSA) is 0 Å². The van der Waals surface area contributed by atoms with Crippen LogP contribution in [-0.4, -0.2) is 0 Å². The number of hydrogen-bond donors (Lipinski definition) is 1. The molecule has 0 aromatic heterocycles. The Hall–Kier alpha value is -0.640. The lowest BCUT2D eigenvalue weighted by Gasteiger charge is -2.09. The summed E-state index contributed by atoms with van der Waals surface area (Å²) >= 11 is 2.94. The normalized spacial score (nSPS) is 11.6. The zero-order chi connectivity index (χ0) is 8.48. The number of rotatable bonds is 1. The van der Waals surface area contributed by atoms with Crippen molar-refractivity contribution in [2.75, 3.05) is 0 Å². The Bertz CT molecular complexity index is 254. The molecule has 0 spiro atoms. The van der Waals surface area contributed by atoms with Gasteiger partial charge in [-0.3, -0.25) is 0 Å². The van der Waals surface area contributed by atoms with Gasteiger partial charge in [-0.05, 0) is 12.1 Å². The molecule has 1 rings (SSSR count). The first-order valence-corrected chi connectivity index (χ1v) is 3.32. The van der Waals surface area contributed by atoms with Crippen molar-refractivity contribution in [3.8, 4) is 0 Å². The zero-order valence-corrected chi connectivity index (χ0v) is 6.28. The minimum atomic E-state index is -3.40. The van der Waals surface area contributed by atoms with Crippen LogP contribution in [0.25, 0.3) is 0 Å². The van der Waals surface area contributed by atoms with Crippen molar-refractivity contribution in [2.45, 2.75) is 5.25 Å². The van der Waals surface area contributed by atoms with Crippen molar-refractivity contribution in [1.82, 2.24) is 0 Å². The fraction of sp³-hybridized carbons (Fsp3) is 0.143. The highest BCUT2D eigenvalue weighted by atomic mass is 32.1. The van der Waals surface area contributed by atoms with Gasteiger partial charge in [-0.1, -0.05) is 12.1 Å². The van der Waals surface area contributed by atoms with Gasteiger partial charge < -0.3 is 0 Å². The molecule has 4 heteroatoms. The van der Waals surface area contributed by atoms with E-state index in [4.69, 9.17) is 0 Å². The first-order valence-electron chi connectivity index (χ1n) is 2.87. The monoisotopic (exact) mass is 178 g/mol.